The molecule has 5 nitrogen and oxygen atoms in total. The van der Waals surface area contributed by atoms with Crippen LogP contribution in [0.1, 0.15) is 25.8 Å². The van der Waals surface area contributed by atoms with Gasteiger partial charge in [0.15, 0.2) is 11.5 Å². The number of rotatable bonds is 10. The number of hydrazone groups is 1. The molecule has 2 aromatic rings. The number of hydrogen-bond donors (Lipinski definition) is 1. The highest BCUT2D eigenvalue weighted by atomic mass is 32.2. The van der Waals surface area contributed by atoms with Crippen LogP contribution in [0.3, 0.4) is 0 Å². The van der Waals surface area contributed by atoms with E-state index in [0.29, 0.717) is 28.9 Å². The number of carbonyl (C=O) groups excluding carboxylic acids is 1. The van der Waals surface area contributed by atoms with Crippen molar-refractivity contribution in [1.29, 1.82) is 0 Å². The molecule has 0 saturated heterocycles. The summed E-state index contributed by atoms with van der Waals surface area (Å²) in [5, 5.41) is 3.94. The molecule has 0 radical (unpaired) electrons. The largest absolute Gasteiger partial charge is 0.493 e. The van der Waals surface area contributed by atoms with E-state index in [1.165, 1.54) is 12.3 Å². The van der Waals surface area contributed by atoms with Gasteiger partial charge in [-0.15, -0.1) is 11.8 Å². The first-order valence-corrected chi connectivity index (χ1v) is 9.98. The van der Waals surface area contributed by atoms with E-state index in [1.54, 1.807) is 31.4 Å². The predicted molar refractivity (Wildman–Crippen MR) is 111 cm³/mol. The maximum atomic E-state index is 13.5. The number of benzene rings is 2. The molecule has 0 unspecified atom stereocenters. The van der Waals surface area contributed by atoms with E-state index in [0.717, 1.165) is 23.7 Å². The molecule has 2 aromatic carbocycles. The molecule has 0 aliphatic rings. The van der Waals surface area contributed by atoms with Crippen LogP contribution in [-0.2, 0) is 4.79 Å². The quantitative estimate of drug-likeness (QED) is 0.360. The Hall–Kier alpha value is -2.54. The first-order chi connectivity index (χ1) is 13.5. The third-order valence-electron chi connectivity index (χ3n) is 3.74. The van der Waals surface area contributed by atoms with Crippen LogP contribution in [0.25, 0.3) is 0 Å². The number of halogens is 1. The topological polar surface area (TPSA) is 59.9 Å². The minimum Gasteiger partial charge on any atom is -0.493 e. The van der Waals surface area contributed by atoms with Crippen molar-refractivity contribution in [2.24, 2.45) is 11.0 Å². The zero-order chi connectivity index (χ0) is 20.4. The van der Waals surface area contributed by atoms with E-state index < -0.39 is 0 Å². The molecule has 28 heavy (non-hydrogen) atoms. The van der Waals surface area contributed by atoms with Crippen molar-refractivity contribution < 1.29 is 18.7 Å². The molecular weight excluding hydrogens is 379 g/mol. The van der Waals surface area contributed by atoms with Crippen LogP contribution in [-0.4, -0.2) is 31.6 Å². The zero-order valence-corrected chi connectivity index (χ0v) is 17.1. The SMILES string of the molecule is COc1cc(/C=N\NC(=O)CSc2ccccc2F)ccc1OCCC(C)C. The standard InChI is InChI=1S/C21H25FN2O3S/c1-15(2)10-11-27-18-9-8-16(12-19(18)26-3)13-23-24-21(25)14-28-20-7-5-4-6-17(20)22/h4-9,12-13,15H,10-11,14H2,1-3H3,(H,24,25)/b23-13-. The predicted octanol–water partition coefficient (Wildman–Crippen LogP) is 4.50. The van der Waals surface area contributed by atoms with Crippen LogP contribution in [0.5, 0.6) is 11.5 Å². The fourth-order valence-corrected chi connectivity index (χ4v) is 2.94. The molecule has 0 fully saturated rings. The molecular formula is C21H25FN2O3S. The molecule has 0 bridgehead atoms. The molecule has 0 heterocycles. The van der Waals surface area contributed by atoms with Gasteiger partial charge in [-0.25, -0.2) is 9.82 Å². The number of amides is 1. The molecule has 1 N–H and O–H groups in total. The highest BCUT2D eigenvalue weighted by Crippen LogP contribution is 2.28. The molecule has 0 spiro atoms. The summed E-state index contributed by atoms with van der Waals surface area (Å²) in [5.41, 5.74) is 3.19. The van der Waals surface area contributed by atoms with Gasteiger partial charge in [-0.05, 0) is 48.2 Å². The summed E-state index contributed by atoms with van der Waals surface area (Å²) < 4.78 is 24.6. The smallest absolute Gasteiger partial charge is 0.250 e. The lowest BCUT2D eigenvalue weighted by atomic mass is 10.1. The second-order valence-corrected chi connectivity index (χ2v) is 7.47. The second kappa shape index (κ2) is 11.3. The summed E-state index contributed by atoms with van der Waals surface area (Å²) in [6.45, 7) is 4.91. The minimum atomic E-state index is -0.341. The Morgan fingerprint density at radius 3 is 2.75 bits per heavy atom. The summed E-state index contributed by atoms with van der Waals surface area (Å²) in [6, 6.07) is 11.8. The van der Waals surface area contributed by atoms with Crippen LogP contribution >= 0.6 is 11.8 Å². The Balaban J connectivity index is 1.85. The van der Waals surface area contributed by atoms with Crippen LogP contribution in [0.15, 0.2) is 52.5 Å². The Morgan fingerprint density at radius 1 is 1.25 bits per heavy atom. The number of nitrogens with one attached hydrogen (secondary N) is 1. The third kappa shape index (κ3) is 7.23. The Morgan fingerprint density at radius 2 is 2.04 bits per heavy atom. The molecule has 150 valence electrons. The number of methoxy groups -OCH3 is 1. The number of ether oxygens (including phenoxy) is 2. The molecule has 2 rings (SSSR count). The number of carbonyl (C=O) groups is 1. The van der Waals surface area contributed by atoms with Gasteiger partial charge >= 0.3 is 0 Å². The summed E-state index contributed by atoms with van der Waals surface area (Å²) in [5.74, 6) is 1.26. The van der Waals surface area contributed by atoms with Crippen molar-refractivity contribution in [2.45, 2.75) is 25.2 Å². The van der Waals surface area contributed by atoms with Gasteiger partial charge in [0.1, 0.15) is 5.82 Å². The fourth-order valence-electron chi connectivity index (χ4n) is 2.20. The third-order valence-corrected chi connectivity index (χ3v) is 4.79. The lowest BCUT2D eigenvalue weighted by molar-refractivity contribution is -0.118. The van der Waals surface area contributed by atoms with Gasteiger partial charge < -0.3 is 9.47 Å². The molecule has 7 heteroatoms. The average molecular weight is 405 g/mol. The van der Waals surface area contributed by atoms with Crippen molar-refractivity contribution in [3.05, 3.63) is 53.8 Å². The summed E-state index contributed by atoms with van der Waals surface area (Å²) in [7, 11) is 1.58. The van der Waals surface area contributed by atoms with Crippen LogP contribution in [0.4, 0.5) is 4.39 Å². The van der Waals surface area contributed by atoms with Crippen molar-refractivity contribution in [3.8, 4) is 11.5 Å². The summed E-state index contributed by atoms with van der Waals surface area (Å²) >= 11 is 1.12. The lowest BCUT2D eigenvalue weighted by Crippen LogP contribution is -2.19. The number of nitrogens with zero attached hydrogens (tertiary/aromatic N) is 1. The maximum absolute atomic E-state index is 13.5. The van der Waals surface area contributed by atoms with E-state index in [-0.39, 0.29) is 17.5 Å². The molecule has 0 aliphatic carbocycles. The number of thioether (sulfide) groups is 1. The molecule has 0 saturated carbocycles. The Kier molecular flexibility index (Phi) is 8.81. The van der Waals surface area contributed by atoms with Crippen molar-refractivity contribution in [1.82, 2.24) is 5.43 Å². The van der Waals surface area contributed by atoms with Gasteiger partial charge in [-0.1, -0.05) is 26.0 Å². The average Bonchev–Trinajstić information content (AvgIpc) is 2.68. The van der Waals surface area contributed by atoms with Crippen molar-refractivity contribution >= 4 is 23.9 Å². The van der Waals surface area contributed by atoms with Crippen LogP contribution in [0.2, 0.25) is 0 Å². The van der Waals surface area contributed by atoms with Gasteiger partial charge in [0, 0.05) is 4.90 Å². The molecule has 0 aliphatic heterocycles. The first kappa shape index (κ1) is 21.8. The van der Waals surface area contributed by atoms with E-state index in [2.05, 4.69) is 24.4 Å². The molecule has 1 amide bonds. The Labute approximate surface area is 169 Å². The maximum Gasteiger partial charge on any atom is 0.250 e. The molecule has 0 aromatic heterocycles. The van der Waals surface area contributed by atoms with Crippen LogP contribution < -0.4 is 14.9 Å². The highest BCUT2D eigenvalue weighted by molar-refractivity contribution is 8.00. The monoisotopic (exact) mass is 404 g/mol. The Bertz CT molecular complexity index is 812. The highest BCUT2D eigenvalue weighted by Gasteiger charge is 2.07. The van der Waals surface area contributed by atoms with Gasteiger partial charge in [-0.2, -0.15) is 5.10 Å². The lowest BCUT2D eigenvalue weighted by Gasteiger charge is -2.12. The molecule has 0 atom stereocenters. The second-order valence-electron chi connectivity index (χ2n) is 6.45. The van der Waals surface area contributed by atoms with Gasteiger partial charge in [0.2, 0.25) is 5.91 Å². The van der Waals surface area contributed by atoms with Crippen molar-refractivity contribution in [2.75, 3.05) is 19.5 Å². The fraction of sp³-hybridized carbons (Fsp3) is 0.333. The zero-order valence-electron chi connectivity index (χ0n) is 16.3. The first-order valence-electron chi connectivity index (χ1n) is 8.99. The normalized spacial score (nSPS) is 11.0. The van der Waals surface area contributed by atoms with Crippen molar-refractivity contribution in [3.63, 3.8) is 0 Å². The summed E-state index contributed by atoms with van der Waals surface area (Å²) in [4.78, 5) is 12.3. The van der Waals surface area contributed by atoms with Crippen LogP contribution in [0, 0.1) is 11.7 Å². The van der Waals surface area contributed by atoms with Gasteiger partial charge in [-0.3, -0.25) is 4.79 Å². The van der Waals surface area contributed by atoms with Gasteiger partial charge in [0.25, 0.3) is 0 Å². The van der Waals surface area contributed by atoms with E-state index in [9.17, 15) is 9.18 Å². The van der Waals surface area contributed by atoms with E-state index >= 15 is 0 Å². The van der Waals surface area contributed by atoms with E-state index in [1.807, 2.05) is 12.1 Å². The summed E-state index contributed by atoms with van der Waals surface area (Å²) in [6.07, 6.45) is 2.48. The van der Waals surface area contributed by atoms with Gasteiger partial charge in [0.05, 0.1) is 25.7 Å². The number of hydrogen-bond acceptors (Lipinski definition) is 5. The minimum absolute atomic E-state index is 0.0736. The van der Waals surface area contributed by atoms with E-state index in [4.69, 9.17) is 9.47 Å².